The predicted octanol–water partition coefficient (Wildman–Crippen LogP) is 2.76. The van der Waals surface area contributed by atoms with Gasteiger partial charge >= 0.3 is 5.97 Å². The first-order chi connectivity index (χ1) is 10.2. The van der Waals surface area contributed by atoms with Crippen LogP contribution in [0.5, 0.6) is 0 Å². The van der Waals surface area contributed by atoms with Crippen LogP contribution < -0.4 is 5.73 Å². The molecule has 0 heterocycles. The fourth-order valence-electron chi connectivity index (χ4n) is 3.99. The number of aromatic carboxylic acids is 1. The van der Waals surface area contributed by atoms with Crippen LogP contribution >= 0.6 is 0 Å². The van der Waals surface area contributed by atoms with Gasteiger partial charge < -0.3 is 15.9 Å². The largest absolute Gasteiger partial charge is 0.478 e. The number of nitrogens with two attached hydrogens (primary N) is 1. The Morgan fingerprint density at radius 1 is 1.27 bits per heavy atom. The first kappa shape index (κ1) is 17.0. The van der Waals surface area contributed by atoms with Crippen molar-refractivity contribution < 1.29 is 15.0 Å². The number of hydrogen-bond acceptors (Lipinski definition) is 3. The molecule has 122 valence electrons. The van der Waals surface area contributed by atoms with Crippen molar-refractivity contribution in [3.05, 3.63) is 35.9 Å². The highest BCUT2D eigenvalue weighted by molar-refractivity contribution is 5.87. The maximum Gasteiger partial charge on any atom is 0.335 e. The summed E-state index contributed by atoms with van der Waals surface area (Å²) in [7, 11) is 0. The van der Waals surface area contributed by atoms with Gasteiger partial charge in [-0.15, -0.1) is 0 Å². The highest BCUT2D eigenvalue weighted by Gasteiger charge is 2.57. The molecule has 3 fully saturated rings. The fraction of sp³-hybridized carbons (Fsp3) is 0.611. The molecule has 1 aromatic carbocycles. The second-order valence-electron chi connectivity index (χ2n) is 7.25. The Hall–Kier alpha value is -1.39. The zero-order valence-electron chi connectivity index (χ0n) is 13.6. The first-order valence-electron chi connectivity index (χ1n) is 7.97. The molecule has 5 atom stereocenters. The van der Waals surface area contributed by atoms with Gasteiger partial charge in [-0.2, -0.15) is 0 Å². The lowest BCUT2D eigenvalue weighted by Gasteiger charge is -2.62. The van der Waals surface area contributed by atoms with Crippen LogP contribution in [0.25, 0.3) is 0 Å². The van der Waals surface area contributed by atoms with Crippen molar-refractivity contribution in [1.82, 2.24) is 0 Å². The van der Waals surface area contributed by atoms with Gasteiger partial charge in [0.15, 0.2) is 0 Å². The van der Waals surface area contributed by atoms with Gasteiger partial charge in [-0.3, -0.25) is 0 Å². The van der Waals surface area contributed by atoms with Gasteiger partial charge in [0.05, 0.1) is 11.7 Å². The van der Waals surface area contributed by atoms with E-state index in [9.17, 15) is 9.90 Å². The lowest BCUT2D eigenvalue weighted by molar-refractivity contribution is -0.125. The fourth-order valence-corrected chi connectivity index (χ4v) is 3.99. The molecule has 0 saturated heterocycles. The molecule has 0 radical (unpaired) electrons. The van der Waals surface area contributed by atoms with E-state index in [1.54, 1.807) is 30.3 Å². The Bertz CT molecular complexity index is 510. The third-order valence-electron chi connectivity index (χ3n) is 5.70. The molecular formula is C18H27NO3. The number of benzene rings is 1. The van der Waals surface area contributed by atoms with Crippen LogP contribution in [0.3, 0.4) is 0 Å². The molecule has 1 unspecified atom stereocenters. The van der Waals surface area contributed by atoms with Crippen molar-refractivity contribution in [2.24, 2.45) is 28.9 Å². The number of carboxylic acid groups (broad SMARTS) is 1. The van der Waals surface area contributed by atoms with Crippen LogP contribution in [0, 0.1) is 23.2 Å². The van der Waals surface area contributed by atoms with E-state index in [1.807, 2.05) is 6.92 Å². The van der Waals surface area contributed by atoms with Crippen molar-refractivity contribution >= 4 is 5.97 Å². The quantitative estimate of drug-likeness (QED) is 0.784. The molecule has 3 saturated carbocycles. The number of fused-ring (bicyclic) bond motifs is 2. The minimum absolute atomic E-state index is 0.222. The average Bonchev–Trinajstić information content (AvgIpc) is 2.48. The van der Waals surface area contributed by atoms with Crippen molar-refractivity contribution in [2.45, 2.75) is 45.8 Å². The van der Waals surface area contributed by atoms with Crippen LogP contribution in [0.1, 0.15) is 44.0 Å². The van der Waals surface area contributed by atoms with Crippen molar-refractivity contribution in [1.29, 1.82) is 0 Å². The Morgan fingerprint density at radius 2 is 1.86 bits per heavy atom. The van der Waals surface area contributed by atoms with Crippen molar-refractivity contribution in [2.75, 3.05) is 0 Å². The van der Waals surface area contributed by atoms with E-state index >= 15 is 0 Å². The van der Waals surface area contributed by atoms with E-state index in [4.69, 9.17) is 10.8 Å². The van der Waals surface area contributed by atoms with Gasteiger partial charge in [-0.25, -0.2) is 4.79 Å². The second-order valence-corrected chi connectivity index (χ2v) is 7.25. The van der Waals surface area contributed by atoms with E-state index < -0.39 is 5.97 Å². The Labute approximate surface area is 132 Å². The zero-order valence-corrected chi connectivity index (χ0v) is 13.6. The average molecular weight is 305 g/mol. The summed E-state index contributed by atoms with van der Waals surface area (Å²) >= 11 is 0. The first-order valence-corrected chi connectivity index (χ1v) is 7.97. The normalized spacial score (nSPS) is 33.0. The van der Waals surface area contributed by atoms with Crippen LogP contribution in [-0.2, 0) is 0 Å². The molecule has 4 N–H and O–H groups in total. The molecule has 4 rings (SSSR count). The van der Waals surface area contributed by atoms with Crippen LogP contribution in [0.2, 0.25) is 0 Å². The van der Waals surface area contributed by atoms with Gasteiger partial charge in [0.25, 0.3) is 0 Å². The number of carboxylic acids is 1. The van der Waals surface area contributed by atoms with Gasteiger partial charge in [0, 0.05) is 12.0 Å². The number of hydrogen-bond donors (Lipinski definition) is 3. The lowest BCUT2D eigenvalue weighted by Crippen LogP contribution is -2.63. The van der Waals surface area contributed by atoms with Gasteiger partial charge in [-0.1, -0.05) is 32.0 Å². The number of aliphatic hydroxyl groups is 1. The van der Waals surface area contributed by atoms with E-state index in [2.05, 4.69) is 13.8 Å². The standard InChI is InChI=1S/C11H21NO.C7H6O2/c1-6(13)8-4-7-5-9(10(8)12)11(7,2)3;8-7(9)6-4-2-1-3-5-6/h6-10,13H,4-5,12H2,1-3H3;1-5H,(H,8,9)/t6?,7-,8+,9+,10+;/m1./s1. The molecule has 0 spiro atoms. The second kappa shape index (κ2) is 6.39. The SMILES string of the molecule is CC(O)[C@@H]1C[C@@H]2C[C@@H]([C@H]1N)C2(C)C.O=C(O)c1ccccc1. The summed E-state index contributed by atoms with van der Waals surface area (Å²) in [4.78, 5) is 10.2. The molecule has 3 aliphatic rings. The Morgan fingerprint density at radius 3 is 2.23 bits per heavy atom. The summed E-state index contributed by atoms with van der Waals surface area (Å²) in [5.41, 5.74) is 6.94. The van der Waals surface area contributed by atoms with E-state index in [-0.39, 0.29) is 12.1 Å². The third kappa shape index (κ3) is 3.18. The maximum absolute atomic E-state index is 10.2. The minimum Gasteiger partial charge on any atom is -0.478 e. The summed E-state index contributed by atoms with van der Waals surface area (Å²) < 4.78 is 0. The van der Waals surface area contributed by atoms with Gasteiger partial charge in [-0.05, 0) is 49.1 Å². The molecule has 1 aromatic rings. The van der Waals surface area contributed by atoms with E-state index in [0.29, 0.717) is 22.8 Å². The minimum atomic E-state index is -0.879. The van der Waals surface area contributed by atoms with Crippen LogP contribution in [0.15, 0.2) is 30.3 Å². The Balaban J connectivity index is 0.000000172. The highest BCUT2D eigenvalue weighted by Crippen LogP contribution is 2.60. The molecule has 4 heteroatoms. The smallest absolute Gasteiger partial charge is 0.335 e. The summed E-state index contributed by atoms with van der Waals surface area (Å²) in [5.74, 6) is 0.912. The van der Waals surface area contributed by atoms with Crippen molar-refractivity contribution in [3.63, 3.8) is 0 Å². The molecular weight excluding hydrogens is 278 g/mol. The predicted molar refractivity (Wildman–Crippen MR) is 86.5 cm³/mol. The zero-order chi connectivity index (χ0) is 16.5. The molecule has 0 aliphatic heterocycles. The molecule has 3 aliphatic carbocycles. The Kier molecular flexibility index (Phi) is 4.93. The van der Waals surface area contributed by atoms with E-state index in [1.165, 1.54) is 6.42 Å². The van der Waals surface area contributed by atoms with Crippen molar-refractivity contribution in [3.8, 4) is 0 Å². The number of aliphatic hydroxyl groups excluding tert-OH is 1. The number of carbonyl (C=O) groups is 1. The summed E-state index contributed by atoms with van der Waals surface area (Å²) in [6.07, 6.45) is 2.19. The highest BCUT2D eigenvalue weighted by atomic mass is 16.4. The summed E-state index contributed by atoms with van der Waals surface area (Å²) in [6.45, 7) is 6.52. The molecule has 22 heavy (non-hydrogen) atoms. The van der Waals surface area contributed by atoms with Crippen LogP contribution in [-0.4, -0.2) is 28.3 Å². The molecule has 4 nitrogen and oxygen atoms in total. The summed E-state index contributed by atoms with van der Waals surface area (Å²) in [5, 5.41) is 18.0. The molecule has 0 amide bonds. The third-order valence-corrected chi connectivity index (χ3v) is 5.70. The van der Waals surface area contributed by atoms with E-state index in [0.717, 1.165) is 12.3 Å². The molecule has 0 aromatic heterocycles. The topological polar surface area (TPSA) is 83.5 Å². The number of rotatable bonds is 2. The summed E-state index contributed by atoms with van der Waals surface area (Å²) in [6, 6.07) is 8.52. The molecule has 2 bridgehead atoms. The maximum atomic E-state index is 10.2. The monoisotopic (exact) mass is 305 g/mol. The lowest BCUT2D eigenvalue weighted by atomic mass is 9.44. The van der Waals surface area contributed by atoms with Gasteiger partial charge in [0.2, 0.25) is 0 Å². The van der Waals surface area contributed by atoms with Crippen LogP contribution in [0.4, 0.5) is 0 Å². The van der Waals surface area contributed by atoms with Gasteiger partial charge in [0.1, 0.15) is 0 Å².